The molecule has 0 bridgehead atoms. The van der Waals surface area contributed by atoms with E-state index in [0.717, 1.165) is 23.2 Å². The summed E-state index contributed by atoms with van der Waals surface area (Å²) in [5.74, 6) is -0.0278. The molecule has 0 saturated heterocycles. The number of allylic oxidation sites excluding steroid dienone is 1. The Balaban J connectivity index is 0.000000246. The van der Waals surface area contributed by atoms with Gasteiger partial charge in [0.25, 0.3) is 0 Å². The number of nitrogens with zero attached hydrogens (tertiary/aromatic N) is 2. The van der Waals surface area contributed by atoms with Crippen LogP contribution in [0.1, 0.15) is 59.1 Å². The predicted octanol–water partition coefficient (Wildman–Crippen LogP) is 10.5. The van der Waals surface area contributed by atoms with E-state index in [-0.39, 0.29) is 43.5 Å². The third-order valence-corrected chi connectivity index (χ3v) is 8.36. The van der Waals surface area contributed by atoms with Crippen molar-refractivity contribution >= 4 is 21.8 Å². The van der Waals surface area contributed by atoms with Gasteiger partial charge < -0.3 is 19.8 Å². The molecule has 0 fully saturated rings. The smallest absolute Gasteiger partial charge is 0.0912 e. The molecule has 4 nitrogen and oxygen atoms in total. The van der Waals surface area contributed by atoms with Gasteiger partial charge in [0.05, 0.1) is 22.9 Å². The molecule has 0 amide bonds. The first kappa shape index (κ1) is 36.8. The molecule has 2 heterocycles. The van der Waals surface area contributed by atoms with Gasteiger partial charge in [-0.05, 0) is 64.9 Å². The Hall–Kier alpha value is -4.05. The minimum atomic E-state index is -0.657. The first-order valence-electron chi connectivity index (χ1n) is 16.1. The average molecular weight is 823 g/mol. The van der Waals surface area contributed by atoms with Gasteiger partial charge in [-0.3, -0.25) is 4.39 Å². The maximum absolute atomic E-state index is 14.0. The van der Waals surface area contributed by atoms with Crippen LogP contribution in [0, 0.1) is 17.3 Å². The molecule has 0 aliphatic heterocycles. The summed E-state index contributed by atoms with van der Waals surface area (Å²) in [5.41, 5.74) is 6.31. The zero-order valence-corrected chi connectivity index (χ0v) is 30.7. The topological polar surface area (TPSA) is 58.3 Å². The Morgan fingerprint density at radius 3 is 1.96 bits per heavy atom. The fourth-order valence-electron chi connectivity index (χ4n) is 5.41. The van der Waals surface area contributed by atoms with Gasteiger partial charge in [-0.15, -0.1) is 23.8 Å². The van der Waals surface area contributed by atoms with Gasteiger partial charge in [0.2, 0.25) is 0 Å². The maximum atomic E-state index is 14.0. The number of hydrogen-bond donors (Lipinski definition) is 2. The predicted molar refractivity (Wildman–Crippen MR) is 192 cm³/mol. The third kappa shape index (κ3) is 8.69. The van der Waals surface area contributed by atoms with E-state index in [9.17, 15) is 14.6 Å². The quantitative estimate of drug-likeness (QED) is 0.130. The molecular weight excluding hydrogens is 779 g/mol. The number of aliphatic hydroxyl groups is 2. The molecule has 0 radical (unpaired) electrons. The standard InChI is InChI=1S/C27H29NO2.C15H15FN.Pt/c1-27(2,3)26(30)18-21(29)17-14-19-12-15-20(16-13-19)28-24-10-6-4-8-22(24)23-9-5-7-11-25(23)28;1-15(2,3)11-7-8-12(13(16)10-11)14-6-4-5-9-17-14;/h4-13,15-16,18,26,29-30H,14,17H2,1-3H3;4-7,9-10H,1-3H3;/q;-1;. The minimum absolute atomic E-state index is 0. The zero-order chi connectivity index (χ0) is 33.8. The number of aromatic nitrogens is 2. The third-order valence-electron chi connectivity index (χ3n) is 8.36. The van der Waals surface area contributed by atoms with Crippen LogP contribution < -0.4 is 0 Å². The van der Waals surface area contributed by atoms with Gasteiger partial charge in [0.15, 0.2) is 0 Å². The molecule has 2 aromatic heterocycles. The summed E-state index contributed by atoms with van der Waals surface area (Å²) in [6, 6.07) is 37.3. The SMILES string of the molecule is CC(C)(C)C(O)C=C(O)CCc1ccc(-n2c3ccccc3c3ccccc32)cc1.CC(C)(C)c1c[c-]c(-c2ccccn2)c(F)c1.[Pt]. The number of halogens is 1. The van der Waals surface area contributed by atoms with Crippen molar-refractivity contribution in [3.8, 4) is 16.9 Å². The fourth-order valence-corrected chi connectivity index (χ4v) is 5.41. The van der Waals surface area contributed by atoms with Gasteiger partial charge >= 0.3 is 0 Å². The van der Waals surface area contributed by atoms with E-state index < -0.39 is 6.10 Å². The summed E-state index contributed by atoms with van der Waals surface area (Å²) in [4.78, 5) is 4.13. The van der Waals surface area contributed by atoms with E-state index in [4.69, 9.17) is 0 Å². The van der Waals surface area contributed by atoms with Crippen molar-refractivity contribution in [2.24, 2.45) is 5.41 Å². The fraction of sp³-hybridized carbons (Fsp3) is 0.262. The molecular formula is C42H44FN2O2Pt-. The molecule has 4 aromatic carbocycles. The number of benzene rings is 4. The van der Waals surface area contributed by atoms with Gasteiger partial charge in [-0.1, -0.05) is 108 Å². The van der Waals surface area contributed by atoms with Crippen LogP contribution in [0.25, 0.3) is 38.8 Å². The largest absolute Gasteiger partial charge is 0.513 e. The Morgan fingerprint density at radius 2 is 1.44 bits per heavy atom. The number of hydrogen-bond acceptors (Lipinski definition) is 3. The van der Waals surface area contributed by atoms with Crippen LogP contribution in [-0.2, 0) is 32.9 Å². The molecule has 1 unspecified atom stereocenters. The Bertz CT molecular complexity index is 1930. The number of aliphatic hydroxyl groups excluding tert-OH is 2. The van der Waals surface area contributed by atoms with Crippen LogP contribution in [-0.4, -0.2) is 25.9 Å². The zero-order valence-electron chi connectivity index (χ0n) is 28.4. The number of fused-ring (bicyclic) bond motifs is 3. The molecule has 6 heteroatoms. The van der Waals surface area contributed by atoms with Gasteiger partial charge in [0.1, 0.15) is 0 Å². The van der Waals surface area contributed by atoms with Crippen molar-refractivity contribution in [3.05, 3.63) is 144 Å². The minimum Gasteiger partial charge on any atom is -0.513 e. The summed E-state index contributed by atoms with van der Waals surface area (Å²) in [6.45, 7) is 12.0. The molecule has 0 aliphatic rings. The van der Waals surface area contributed by atoms with Crippen LogP contribution in [0.3, 0.4) is 0 Å². The summed E-state index contributed by atoms with van der Waals surface area (Å²) in [7, 11) is 0. The van der Waals surface area contributed by atoms with E-state index in [1.165, 1.54) is 21.8 Å². The molecule has 0 saturated carbocycles. The van der Waals surface area contributed by atoms with E-state index in [2.05, 4.69) is 109 Å². The average Bonchev–Trinajstić information content (AvgIpc) is 3.38. The molecule has 2 N–H and O–H groups in total. The molecule has 48 heavy (non-hydrogen) atoms. The maximum Gasteiger partial charge on any atom is 0.0912 e. The molecule has 252 valence electrons. The first-order chi connectivity index (χ1) is 22.3. The van der Waals surface area contributed by atoms with Crippen molar-refractivity contribution < 1.29 is 35.7 Å². The Labute approximate surface area is 298 Å². The monoisotopic (exact) mass is 822 g/mol. The van der Waals surface area contributed by atoms with Crippen LogP contribution in [0.4, 0.5) is 4.39 Å². The second kappa shape index (κ2) is 15.4. The van der Waals surface area contributed by atoms with E-state index in [1.807, 2.05) is 39.0 Å². The Kier molecular flexibility index (Phi) is 11.8. The number of pyridine rings is 1. The van der Waals surface area contributed by atoms with Crippen molar-refractivity contribution in [1.82, 2.24) is 9.55 Å². The van der Waals surface area contributed by atoms with Gasteiger partial charge in [0, 0.05) is 56.0 Å². The Morgan fingerprint density at radius 1 is 0.854 bits per heavy atom. The normalized spacial score (nSPS) is 12.7. The number of rotatable bonds is 6. The molecule has 6 rings (SSSR count). The molecule has 0 spiro atoms. The number of aryl methyl sites for hydroxylation is 1. The van der Waals surface area contributed by atoms with Crippen LogP contribution in [0.15, 0.2) is 121 Å². The van der Waals surface area contributed by atoms with Crippen molar-refractivity contribution in [2.75, 3.05) is 0 Å². The summed E-state index contributed by atoms with van der Waals surface area (Å²) in [6.07, 6.45) is 3.80. The van der Waals surface area contributed by atoms with Crippen molar-refractivity contribution in [1.29, 1.82) is 0 Å². The first-order valence-corrected chi connectivity index (χ1v) is 16.1. The summed E-state index contributed by atoms with van der Waals surface area (Å²) >= 11 is 0. The van der Waals surface area contributed by atoms with Crippen LogP contribution in [0.5, 0.6) is 0 Å². The van der Waals surface area contributed by atoms with E-state index in [0.29, 0.717) is 17.7 Å². The van der Waals surface area contributed by atoms with Crippen LogP contribution in [0.2, 0.25) is 0 Å². The van der Waals surface area contributed by atoms with E-state index >= 15 is 0 Å². The second-order valence-electron chi connectivity index (χ2n) is 14.1. The molecule has 0 aliphatic carbocycles. The van der Waals surface area contributed by atoms with Gasteiger partial charge in [-0.25, -0.2) is 0 Å². The summed E-state index contributed by atoms with van der Waals surface area (Å²) in [5, 5.41) is 22.8. The summed E-state index contributed by atoms with van der Waals surface area (Å²) < 4.78 is 16.3. The second-order valence-corrected chi connectivity index (χ2v) is 14.1. The molecule has 6 aromatic rings. The van der Waals surface area contributed by atoms with Gasteiger partial charge in [-0.2, -0.15) is 0 Å². The van der Waals surface area contributed by atoms with Crippen molar-refractivity contribution in [3.63, 3.8) is 0 Å². The number of para-hydroxylation sites is 2. The van der Waals surface area contributed by atoms with Crippen molar-refractivity contribution in [2.45, 2.75) is 65.9 Å². The van der Waals surface area contributed by atoms with Crippen LogP contribution >= 0.6 is 0 Å². The van der Waals surface area contributed by atoms with E-state index in [1.54, 1.807) is 24.4 Å². The molecule has 1 atom stereocenters.